The first kappa shape index (κ1) is 15.3. The van der Waals surface area contributed by atoms with Crippen LogP contribution in [0.5, 0.6) is 0 Å². The third-order valence-electron chi connectivity index (χ3n) is 2.36. The van der Waals surface area contributed by atoms with Gasteiger partial charge in [-0.05, 0) is 12.1 Å². The summed E-state index contributed by atoms with van der Waals surface area (Å²) in [4.78, 5) is 43.5. The fourth-order valence-corrected chi connectivity index (χ4v) is 1.48. The van der Waals surface area contributed by atoms with Gasteiger partial charge >= 0.3 is 0 Å². The first-order valence-corrected chi connectivity index (χ1v) is 5.65. The predicted molar refractivity (Wildman–Crippen MR) is 68.8 cm³/mol. The maximum Gasteiger partial charge on any atom is 0.275 e. The summed E-state index contributed by atoms with van der Waals surface area (Å²) in [6.45, 7) is 2.44. The quantitative estimate of drug-likeness (QED) is 0.614. The van der Waals surface area contributed by atoms with Gasteiger partial charge in [-0.25, -0.2) is 0 Å². The minimum absolute atomic E-state index is 0.00141. The third-order valence-corrected chi connectivity index (χ3v) is 2.36. The lowest BCUT2D eigenvalue weighted by molar-refractivity contribution is -0.385. The van der Waals surface area contributed by atoms with Gasteiger partial charge in [0.1, 0.15) is 0 Å². The van der Waals surface area contributed by atoms with E-state index in [9.17, 15) is 24.5 Å². The van der Waals surface area contributed by atoms with Crippen molar-refractivity contribution in [2.24, 2.45) is 0 Å². The molecule has 2 N–H and O–H groups in total. The lowest BCUT2D eigenvalue weighted by Gasteiger charge is -2.06. The predicted octanol–water partition coefficient (Wildman–Crippen LogP) is 0.507. The van der Waals surface area contributed by atoms with Gasteiger partial charge in [0, 0.05) is 37.6 Å². The molecule has 0 atom stereocenters. The lowest BCUT2D eigenvalue weighted by atomic mass is 10.1. The largest absolute Gasteiger partial charge is 0.352 e. The lowest BCUT2D eigenvalue weighted by Crippen LogP contribution is -2.28. The van der Waals surface area contributed by atoms with Crippen LogP contribution in [0.3, 0.4) is 0 Å². The zero-order valence-electron chi connectivity index (χ0n) is 10.9. The van der Waals surface area contributed by atoms with E-state index in [1.165, 1.54) is 19.1 Å². The number of rotatable bonds is 4. The highest BCUT2D eigenvalue weighted by atomic mass is 16.6. The summed E-state index contributed by atoms with van der Waals surface area (Å²) >= 11 is 0. The molecule has 0 fully saturated rings. The number of nitrogens with one attached hydrogen (secondary N) is 2. The fourth-order valence-electron chi connectivity index (χ4n) is 1.48. The second kappa shape index (κ2) is 6.41. The van der Waals surface area contributed by atoms with Gasteiger partial charge in [-0.1, -0.05) is 0 Å². The molecule has 0 saturated heterocycles. The molecule has 3 amide bonds. The standard InChI is InChI=1S/C12H13N3O5/c1-7(16)13-6-10-4-3-9(5-11(10)15(19)20)12(18)14-8(2)17/h3-5H,6H2,1-2H3,(H,13,16)(H,14,17,18). The van der Waals surface area contributed by atoms with E-state index in [0.29, 0.717) is 0 Å². The third kappa shape index (κ3) is 4.16. The van der Waals surface area contributed by atoms with Crippen molar-refractivity contribution in [3.8, 4) is 0 Å². The van der Waals surface area contributed by atoms with Crippen LogP contribution in [0.1, 0.15) is 29.8 Å². The van der Waals surface area contributed by atoms with E-state index in [1.54, 1.807) is 0 Å². The summed E-state index contributed by atoms with van der Waals surface area (Å²) < 4.78 is 0. The molecule has 0 aromatic heterocycles. The number of nitro groups is 1. The molecule has 0 unspecified atom stereocenters. The number of hydrogen-bond acceptors (Lipinski definition) is 5. The Morgan fingerprint density at radius 2 is 1.85 bits per heavy atom. The number of nitro benzene ring substituents is 1. The Kier molecular flexibility index (Phi) is 4.90. The maximum atomic E-state index is 11.6. The van der Waals surface area contributed by atoms with Crippen LogP contribution in [-0.4, -0.2) is 22.6 Å². The molecule has 0 saturated carbocycles. The number of benzene rings is 1. The zero-order valence-corrected chi connectivity index (χ0v) is 10.9. The number of nitrogens with zero attached hydrogens (tertiary/aromatic N) is 1. The van der Waals surface area contributed by atoms with Gasteiger partial charge in [0.05, 0.1) is 4.92 Å². The summed E-state index contributed by atoms with van der Waals surface area (Å²) in [7, 11) is 0. The van der Waals surface area contributed by atoms with Crippen molar-refractivity contribution in [3.63, 3.8) is 0 Å². The average molecular weight is 279 g/mol. The van der Waals surface area contributed by atoms with Crippen molar-refractivity contribution >= 4 is 23.4 Å². The minimum Gasteiger partial charge on any atom is -0.352 e. The summed E-state index contributed by atoms with van der Waals surface area (Å²) in [5.74, 6) is -1.59. The Labute approximate surface area is 114 Å². The molecule has 0 spiro atoms. The first-order chi connectivity index (χ1) is 9.31. The molecule has 0 aliphatic heterocycles. The van der Waals surface area contributed by atoms with Crippen LogP contribution in [-0.2, 0) is 16.1 Å². The fraction of sp³-hybridized carbons (Fsp3) is 0.250. The Balaban J connectivity index is 3.06. The van der Waals surface area contributed by atoms with E-state index in [1.807, 2.05) is 5.32 Å². The molecular weight excluding hydrogens is 266 g/mol. The van der Waals surface area contributed by atoms with Crippen LogP contribution >= 0.6 is 0 Å². The van der Waals surface area contributed by atoms with Gasteiger partial charge in [-0.3, -0.25) is 29.8 Å². The molecule has 1 aromatic rings. The van der Waals surface area contributed by atoms with Gasteiger partial charge in [0.25, 0.3) is 11.6 Å². The van der Waals surface area contributed by atoms with Gasteiger partial charge in [0.2, 0.25) is 11.8 Å². The van der Waals surface area contributed by atoms with E-state index in [4.69, 9.17) is 0 Å². The number of carbonyl (C=O) groups excluding carboxylic acids is 3. The normalized spacial score (nSPS) is 9.70. The molecule has 0 aliphatic rings. The van der Waals surface area contributed by atoms with Crippen molar-refractivity contribution in [3.05, 3.63) is 39.4 Å². The Hall–Kier alpha value is -2.77. The van der Waals surface area contributed by atoms with Gasteiger partial charge in [-0.15, -0.1) is 0 Å². The molecule has 0 aliphatic carbocycles. The molecule has 0 bridgehead atoms. The smallest absolute Gasteiger partial charge is 0.275 e. The zero-order chi connectivity index (χ0) is 15.3. The molecule has 0 radical (unpaired) electrons. The summed E-state index contributed by atoms with van der Waals surface area (Å²) in [5.41, 5.74) is -0.0296. The van der Waals surface area contributed by atoms with Crippen LogP contribution < -0.4 is 10.6 Å². The molecule has 1 aromatic carbocycles. The second-order valence-electron chi connectivity index (χ2n) is 4.02. The molecule has 0 heterocycles. The minimum atomic E-state index is -0.716. The van der Waals surface area contributed by atoms with E-state index in [0.717, 1.165) is 13.0 Å². The maximum absolute atomic E-state index is 11.6. The number of amides is 3. The highest BCUT2D eigenvalue weighted by Crippen LogP contribution is 2.20. The topological polar surface area (TPSA) is 118 Å². The van der Waals surface area contributed by atoms with Crippen LogP contribution in [0.15, 0.2) is 18.2 Å². The number of imide groups is 1. The average Bonchev–Trinajstić information content (AvgIpc) is 2.35. The summed E-state index contributed by atoms with van der Waals surface area (Å²) in [5, 5.41) is 15.4. The van der Waals surface area contributed by atoms with Crippen molar-refractivity contribution in [2.75, 3.05) is 0 Å². The van der Waals surface area contributed by atoms with Crippen LogP contribution in [0.2, 0.25) is 0 Å². The van der Waals surface area contributed by atoms with Crippen molar-refractivity contribution in [1.29, 1.82) is 0 Å². The monoisotopic (exact) mass is 279 g/mol. The summed E-state index contributed by atoms with van der Waals surface area (Å²) in [6, 6.07) is 3.78. The highest BCUT2D eigenvalue weighted by molar-refractivity contribution is 6.04. The number of carbonyl (C=O) groups is 3. The molecule has 20 heavy (non-hydrogen) atoms. The Morgan fingerprint density at radius 3 is 2.35 bits per heavy atom. The molecule has 106 valence electrons. The molecule has 8 heteroatoms. The van der Waals surface area contributed by atoms with Crippen LogP contribution in [0.4, 0.5) is 5.69 Å². The second-order valence-corrected chi connectivity index (χ2v) is 4.02. The molecule has 8 nitrogen and oxygen atoms in total. The number of hydrogen-bond donors (Lipinski definition) is 2. The van der Waals surface area contributed by atoms with E-state index < -0.39 is 16.7 Å². The SMILES string of the molecule is CC(=O)NCc1ccc(C(=O)NC(C)=O)cc1[N+](=O)[O-]. The Morgan fingerprint density at radius 1 is 1.20 bits per heavy atom. The molecular formula is C12H13N3O5. The van der Waals surface area contributed by atoms with E-state index in [2.05, 4.69) is 5.32 Å². The van der Waals surface area contributed by atoms with Gasteiger partial charge < -0.3 is 5.32 Å². The first-order valence-electron chi connectivity index (χ1n) is 5.65. The highest BCUT2D eigenvalue weighted by Gasteiger charge is 2.18. The van der Waals surface area contributed by atoms with Gasteiger partial charge in [-0.2, -0.15) is 0 Å². The Bertz CT molecular complexity index is 582. The van der Waals surface area contributed by atoms with Crippen molar-refractivity contribution in [2.45, 2.75) is 20.4 Å². The summed E-state index contributed by atoms with van der Waals surface area (Å²) in [6.07, 6.45) is 0. The van der Waals surface area contributed by atoms with Crippen molar-refractivity contribution in [1.82, 2.24) is 10.6 Å². The van der Waals surface area contributed by atoms with Crippen LogP contribution in [0, 0.1) is 10.1 Å². The van der Waals surface area contributed by atoms with Crippen LogP contribution in [0.25, 0.3) is 0 Å². The van der Waals surface area contributed by atoms with E-state index in [-0.39, 0.29) is 29.3 Å². The van der Waals surface area contributed by atoms with E-state index >= 15 is 0 Å². The van der Waals surface area contributed by atoms with Gasteiger partial charge in [0.15, 0.2) is 0 Å². The molecule has 1 rings (SSSR count). The van der Waals surface area contributed by atoms with Crippen molar-refractivity contribution < 1.29 is 19.3 Å².